The zero-order chi connectivity index (χ0) is 13.8. The molecule has 0 radical (unpaired) electrons. The van der Waals surface area contributed by atoms with Crippen molar-refractivity contribution in [1.29, 1.82) is 0 Å². The summed E-state index contributed by atoms with van der Waals surface area (Å²) >= 11 is 0. The van der Waals surface area contributed by atoms with Gasteiger partial charge in [0.15, 0.2) is 0 Å². The van der Waals surface area contributed by atoms with Crippen LogP contribution in [0.3, 0.4) is 0 Å². The molecule has 0 aliphatic carbocycles. The van der Waals surface area contributed by atoms with Gasteiger partial charge in [0.25, 0.3) is 0 Å². The van der Waals surface area contributed by atoms with Crippen molar-refractivity contribution in [2.45, 2.75) is 19.9 Å². The molecule has 0 saturated carbocycles. The molecule has 0 aromatic heterocycles. The van der Waals surface area contributed by atoms with Gasteiger partial charge in [-0.3, -0.25) is 9.59 Å². The molecule has 2 rings (SSSR count). The Morgan fingerprint density at radius 3 is 2.79 bits per heavy atom. The number of hydrogen-bond acceptors (Lipinski definition) is 3. The summed E-state index contributed by atoms with van der Waals surface area (Å²) in [7, 11) is 0. The first-order chi connectivity index (χ1) is 9.09. The third-order valence-corrected chi connectivity index (χ3v) is 3.09. The van der Waals surface area contributed by atoms with E-state index < -0.39 is 0 Å². The molecule has 0 spiro atoms. The van der Waals surface area contributed by atoms with Gasteiger partial charge in [0.2, 0.25) is 11.8 Å². The highest BCUT2D eigenvalue weighted by molar-refractivity contribution is 6.02. The molecule has 102 valence electrons. The first kappa shape index (κ1) is 13.5. The average molecular weight is 261 g/mol. The summed E-state index contributed by atoms with van der Waals surface area (Å²) in [5.74, 6) is -0.0371. The summed E-state index contributed by atoms with van der Waals surface area (Å²) in [6.45, 7) is 4.78. The summed E-state index contributed by atoms with van der Waals surface area (Å²) in [4.78, 5) is 23.2. The number of benzene rings is 1. The number of hydrogen-bond donors (Lipinski definition) is 3. The predicted octanol–water partition coefficient (Wildman–Crippen LogP) is 1.04. The van der Waals surface area contributed by atoms with E-state index in [1.165, 1.54) is 0 Å². The number of carbonyl (C=O) groups is 2. The second-order valence-electron chi connectivity index (χ2n) is 4.91. The highest BCUT2D eigenvalue weighted by Gasteiger charge is 2.29. The second kappa shape index (κ2) is 5.84. The summed E-state index contributed by atoms with van der Waals surface area (Å²) in [5, 5.41) is 8.79. The smallest absolute Gasteiger partial charge is 0.246 e. The molecule has 1 unspecified atom stereocenters. The standard InChI is InChI=1S/C14H19N3O2/c1-9(2)13(18)16-8-7-15-12-10-5-3-4-6-11(10)17-14(12)19/h3-6,9,12,15H,7-8H2,1-2H3,(H,16,18)(H,17,19). The van der Waals surface area contributed by atoms with Gasteiger partial charge < -0.3 is 16.0 Å². The van der Waals surface area contributed by atoms with E-state index in [4.69, 9.17) is 0 Å². The van der Waals surface area contributed by atoms with Crippen LogP contribution in [0.5, 0.6) is 0 Å². The largest absolute Gasteiger partial charge is 0.355 e. The molecule has 3 N–H and O–H groups in total. The lowest BCUT2D eigenvalue weighted by atomic mass is 10.1. The molecule has 0 fully saturated rings. The van der Waals surface area contributed by atoms with E-state index in [1.807, 2.05) is 38.1 Å². The predicted molar refractivity (Wildman–Crippen MR) is 73.7 cm³/mol. The Morgan fingerprint density at radius 2 is 2.05 bits per heavy atom. The summed E-state index contributed by atoms with van der Waals surface area (Å²) in [6, 6.07) is 7.29. The maximum absolute atomic E-state index is 11.8. The second-order valence-corrected chi connectivity index (χ2v) is 4.91. The molecule has 2 amide bonds. The third kappa shape index (κ3) is 3.12. The van der Waals surface area contributed by atoms with Crippen LogP contribution in [0.25, 0.3) is 0 Å². The van der Waals surface area contributed by atoms with Crippen molar-refractivity contribution in [3.63, 3.8) is 0 Å². The van der Waals surface area contributed by atoms with Crippen molar-refractivity contribution in [2.75, 3.05) is 18.4 Å². The average Bonchev–Trinajstić information content (AvgIpc) is 2.70. The SMILES string of the molecule is CC(C)C(=O)NCCNC1C(=O)Nc2ccccc21. The topological polar surface area (TPSA) is 70.2 Å². The van der Waals surface area contributed by atoms with Crippen LogP contribution in [-0.4, -0.2) is 24.9 Å². The van der Waals surface area contributed by atoms with Crippen molar-refractivity contribution in [2.24, 2.45) is 5.92 Å². The first-order valence-corrected chi connectivity index (χ1v) is 6.50. The number of para-hydroxylation sites is 1. The quantitative estimate of drug-likeness (QED) is 0.694. The van der Waals surface area contributed by atoms with E-state index in [1.54, 1.807) is 0 Å². The number of carbonyl (C=O) groups excluding carboxylic acids is 2. The molecular weight excluding hydrogens is 242 g/mol. The molecule has 1 aliphatic rings. The molecule has 5 heteroatoms. The fourth-order valence-electron chi connectivity index (χ4n) is 2.02. The molecule has 1 aliphatic heterocycles. The van der Waals surface area contributed by atoms with Gasteiger partial charge in [-0.2, -0.15) is 0 Å². The van der Waals surface area contributed by atoms with Crippen LogP contribution in [0, 0.1) is 5.92 Å². The number of fused-ring (bicyclic) bond motifs is 1. The summed E-state index contributed by atoms with van der Waals surface area (Å²) in [5.41, 5.74) is 1.82. The highest BCUT2D eigenvalue weighted by atomic mass is 16.2. The molecule has 19 heavy (non-hydrogen) atoms. The van der Waals surface area contributed by atoms with Crippen LogP contribution in [0.4, 0.5) is 5.69 Å². The molecule has 1 aromatic rings. The number of amides is 2. The molecular formula is C14H19N3O2. The van der Waals surface area contributed by atoms with Gasteiger partial charge in [-0.05, 0) is 6.07 Å². The van der Waals surface area contributed by atoms with Gasteiger partial charge in [-0.25, -0.2) is 0 Å². The minimum absolute atomic E-state index is 0.0181. The molecule has 1 heterocycles. The van der Waals surface area contributed by atoms with E-state index in [0.717, 1.165) is 11.3 Å². The van der Waals surface area contributed by atoms with Gasteiger partial charge >= 0.3 is 0 Å². The van der Waals surface area contributed by atoms with Crippen LogP contribution < -0.4 is 16.0 Å². The van der Waals surface area contributed by atoms with Gasteiger partial charge in [0.1, 0.15) is 6.04 Å². The maximum atomic E-state index is 11.8. The lowest BCUT2D eigenvalue weighted by Gasteiger charge is -2.12. The van der Waals surface area contributed by atoms with E-state index >= 15 is 0 Å². The lowest BCUT2D eigenvalue weighted by Crippen LogP contribution is -2.37. The van der Waals surface area contributed by atoms with Gasteiger partial charge in [-0.15, -0.1) is 0 Å². The zero-order valence-corrected chi connectivity index (χ0v) is 11.2. The van der Waals surface area contributed by atoms with Gasteiger partial charge in [0.05, 0.1) is 0 Å². The number of anilines is 1. The van der Waals surface area contributed by atoms with E-state index in [2.05, 4.69) is 16.0 Å². The third-order valence-electron chi connectivity index (χ3n) is 3.09. The van der Waals surface area contributed by atoms with Gasteiger partial charge in [-0.1, -0.05) is 32.0 Å². The Balaban J connectivity index is 1.84. The molecule has 0 saturated heterocycles. The number of nitrogens with one attached hydrogen (secondary N) is 3. The summed E-state index contributed by atoms with van der Waals surface area (Å²) in [6.07, 6.45) is 0. The van der Waals surface area contributed by atoms with Crippen LogP contribution in [0.15, 0.2) is 24.3 Å². The molecule has 1 aromatic carbocycles. The normalized spacial score (nSPS) is 17.2. The van der Waals surface area contributed by atoms with Crippen LogP contribution in [0.2, 0.25) is 0 Å². The minimum atomic E-state index is -0.327. The van der Waals surface area contributed by atoms with Crippen LogP contribution in [0.1, 0.15) is 25.5 Å². The maximum Gasteiger partial charge on any atom is 0.246 e. The minimum Gasteiger partial charge on any atom is -0.355 e. The fraction of sp³-hybridized carbons (Fsp3) is 0.429. The Morgan fingerprint density at radius 1 is 1.32 bits per heavy atom. The molecule has 5 nitrogen and oxygen atoms in total. The molecule has 1 atom stereocenters. The van der Waals surface area contributed by atoms with Crippen molar-refractivity contribution < 1.29 is 9.59 Å². The van der Waals surface area contributed by atoms with Crippen LogP contribution in [-0.2, 0) is 9.59 Å². The first-order valence-electron chi connectivity index (χ1n) is 6.50. The van der Waals surface area contributed by atoms with Gasteiger partial charge in [0, 0.05) is 30.3 Å². The monoisotopic (exact) mass is 261 g/mol. The fourth-order valence-corrected chi connectivity index (χ4v) is 2.02. The highest BCUT2D eigenvalue weighted by Crippen LogP contribution is 2.29. The Kier molecular flexibility index (Phi) is 4.16. The van der Waals surface area contributed by atoms with Crippen molar-refractivity contribution in [3.05, 3.63) is 29.8 Å². The van der Waals surface area contributed by atoms with Crippen LogP contribution >= 0.6 is 0 Å². The Labute approximate surface area is 112 Å². The van der Waals surface area contributed by atoms with E-state index in [0.29, 0.717) is 13.1 Å². The van der Waals surface area contributed by atoms with Crippen molar-refractivity contribution in [3.8, 4) is 0 Å². The summed E-state index contributed by atoms with van der Waals surface area (Å²) < 4.78 is 0. The van der Waals surface area contributed by atoms with E-state index in [9.17, 15) is 9.59 Å². The van der Waals surface area contributed by atoms with Crippen molar-refractivity contribution in [1.82, 2.24) is 10.6 Å². The lowest BCUT2D eigenvalue weighted by molar-refractivity contribution is -0.123. The Hall–Kier alpha value is -1.88. The van der Waals surface area contributed by atoms with Crippen molar-refractivity contribution >= 4 is 17.5 Å². The molecule has 0 bridgehead atoms. The van der Waals surface area contributed by atoms with E-state index in [-0.39, 0.29) is 23.8 Å². The zero-order valence-electron chi connectivity index (χ0n) is 11.2. The number of rotatable bonds is 5. The Bertz CT molecular complexity index is 485.